The summed E-state index contributed by atoms with van der Waals surface area (Å²) in [6, 6.07) is 11.8. The molecule has 0 bridgehead atoms. The molecule has 7 heteroatoms. The van der Waals surface area contributed by atoms with Crippen LogP contribution in [0.15, 0.2) is 48.5 Å². The number of carbonyl (C=O) groups excluding carboxylic acids is 1. The van der Waals surface area contributed by atoms with Crippen LogP contribution >= 0.6 is 0 Å². The van der Waals surface area contributed by atoms with Crippen LogP contribution in [0.3, 0.4) is 0 Å². The Morgan fingerprint density at radius 2 is 1.70 bits per heavy atom. The molecule has 0 aliphatic carbocycles. The number of rotatable bonds is 6. The molecule has 0 aliphatic rings. The molecule has 2 aromatic carbocycles. The van der Waals surface area contributed by atoms with Gasteiger partial charge >= 0.3 is 35.5 Å². The second kappa shape index (κ2) is 9.54. The molecule has 0 aromatic heterocycles. The fraction of sp³-hybridized carbons (Fsp3) is 0.188. The molecule has 23 heavy (non-hydrogen) atoms. The molecule has 2 rings (SSSR count). The number of phenols is 2. The van der Waals surface area contributed by atoms with Crippen LogP contribution in [0.2, 0.25) is 0 Å². The number of benzene rings is 2. The second-order valence-electron chi connectivity index (χ2n) is 4.62. The van der Waals surface area contributed by atoms with Gasteiger partial charge in [-0.1, -0.05) is 30.3 Å². The van der Waals surface area contributed by atoms with Crippen molar-refractivity contribution in [2.24, 2.45) is 5.73 Å². The van der Waals surface area contributed by atoms with Crippen molar-refractivity contribution in [3.05, 3.63) is 54.1 Å². The number of aromatic hydroxyl groups is 2. The zero-order chi connectivity index (χ0) is 15.9. The molecule has 1 unspecified atom stereocenters. The van der Waals surface area contributed by atoms with Crippen molar-refractivity contribution < 1.29 is 19.7 Å². The number of para-hydroxylation sites is 3. The number of hydrogen-bond donors (Lipinski definition) is 4. The fourth-order valence-corrected chi connectivity index (χ4v) is 1.99. The third-order valence-electron chi connectivity index (χ3n) is 3.05. The van der Waals surface area contributed by atoms with Gasteiger partial charge < -0.3 is 20.7 Å². The van der Waals surface area contributed by atoms with Gasteiger partial charge in [0.2, 0.25) is 0 Å². The van der Waals surface area contributed by atoms with Crippen LogP contribution in [0.1, 0.15) is 11.6 Å². The van der Waals surface area contributed by atoms with Crippen LogP contribution in [-0.2, 0) is 4.79 Å². The maximum absolute atomic E-state index is 12.4. The van der Waals surface area contributed by atoms with Crippen LogP contribution in [0.4, 0.5) is 0 Å². The van der Waals surface area contributed by atoms with E-state index in [-0.39, 0.29) is 46.8 Å². The Balaban J connectivity index is 0.00000264. The van der Waals surface area contributed by atoms with E-state index in [0.29, 0.717) is 18.7 Å². The summed E-state index contributed by atoms with van der Waals surface area (Å²) in [6.07, 6.45) is 0. The molecule has 0 amide bonds. The Morgan fingerprint density at radius 1 is 1.09 bits per heavy atom. The van der Waals surface area contributed by atoms with Gasteiger partial charge in [-0.3, -0.25) is 5.32 Å². The molecule has 0 saturated heterocycles. The van der Waals surface area contributed by atoms with E-state index in [2.05, 4.69) is 5.32 Å². The molecule has 0 saturated carbocycles. The Bertz CT molecular complexity index is 651. The van der Waals surface area contributed by atoms with Crippen LogP contribution in [0.25, 0.3) is 0 Å². The molecule has 0 heterocycles. The van der Waals surface area contributed by atoms with Gasteiger partial charge in [-0.15, -0.1) is 0 Å². The fourth-order valence-electron chi connectivity index (χ4n) is 1.99. The summed E-state index contributed by atoms with van der Waals surface area (Å²) in [5.74, 6) is -0.740. The van der Waals surface area contributed by atoms with Gasteiger partial charge in [0.15, 0.2) is 11.5 Å². The van der Waals surface area contributed by atoms with Gasteiger partial charge in [-0.2, -0.15) is 0 Å². The minimum absolute atomic E-state index is 0. The van der Waals surface area contributed by atoms with E-state index in [9.17, 15) is 15.0 Å². The molecular weight excluding hydrogens is 307 g/mol. The van der Waals surface area contributed by atoms with Crippen molar-refractivity contribution in [2.75, 3.05) is 13.1 Å². The number of ether oxygens (including phenoxy) is 1. The first-order valence-electron chi connectivity index (χ1n) is 6.84. The molecule has 118 valence electrons. The van der Waals surface area contributed by atoms with E-state index >= 15 is 0 Å². The van der Waals surface area contributed by atoms with E-state index < -0.39 is 12.0 Å². The second-order valence-corrected chi connectivity index (χ2v) is 4.62. The van der Waals surface area contributed by atoms with Crippen molar-refractivity contribution in [1.82, 2.24) is 5.32 Å². The van der Waals surface area contributed by atoms with Gasteiger partial charge in [-0.05, 0) is 18.2 Å². The SMILES string of the molecule is NCCNC(C(=O)Oc1ccccc1O)c1ccccc1O.[NaH]. The van der Waals surface area contributed by atoms with Gasteiger partial charge in [0.25, 0.3) is 0 Å². The Kier molecular flexibility index (Phi) is 8.08. The number of phenolic OH excluding ortho intramolecular Hbond substituents is 2. The summed E-state index contributed by atoms with van der Waals surface area (Å²) >= 11 is 0. The van der Waals surface area contributed by atoms with E-state index in [1.165, 1.54) is 18.2 Å². The van der Waals surface area contributed by atoms with Gasteiger partial charge in [0.05, 0.1) is 0 Å². The standard InChI is InChI=1S/C16H18N2O4.Na.H/c17-9-10-18-15(11-5-1-2-6-12(11)19)16(21)22-14-8-4-3-7-13(14)20;;/h1-8,15,18-20H,9-10,17H2;;. The molecule has 0 aliphatic heterocycles. The van der Waals surface area contributed by atoms with Gasteiger partial charge in [-0.25, -0.2) is 4.79 Å². The summed E-state index contributed by atoms with van der Waals surface area (Å²) in [4.78, 5) is 12.4. The van der Waals surface area contributed by atoms with Gasteiger partial charge in [0.1, 0.15) is 11.8 Å². The summed E-state index contributed by atoms with van der Waals surface area (Å²) in [6.45, 7) is 0.697. The van der Waals surface area contributed by atoms with E-state index in [1.807, 2.05) is 0 Å². The predicted octanol–water partition coefficient (Wildman–Crippen LogP) is 0.644. The molecule has 5 N–H and O–H groups in total. The third-order valence-corrected chi connectivity index (χ3v) is 3.05. The number of esters is 1. The zero-order valence-corrected chi connectivity index (χ0v) is 11.9. The monoisotopic (exact) mass is 326 g/mol. The van der Waals surface area contributed by atoms with Crippen molar-refractivity contribution in [3.8, 4) is 17.2 Å². The van der Waals surface area contributed by atoms with Crippen LogP contribution < -0.4 is 15.8 Å². The first kappa shape index (κ1) is 19.5. The average molecular weight is 326 g/mol. The number of nitrogens with two attached hydrogens (primary N) is 1. The maximum atomic E-state index is 12.4. The van der Waals surface area contributed by atoms with Crippen molar-refractivity contribution in [3.63, 3.8) is 0 Å². The molecule has 0 spiro atoms. The summed E-state index contributed by atoms with van der Waals surface area (Å²) < 4.78 is 5.21. The Hall–Kier alpha value is -1.57. The van der Waals surface area contributed by atoms with E-state index in [0.717, 1.165) is 0 Å². The molecule has 0 fully saturated rings. The molecule has 0 radical (unpaired) electrons. The number of carbonyl (C=O) groups is 1. The Morgan fingerprint density at radius 3 is 2.30 bits per heavy atom. The van der Waals surface area contributed by atoms with Crippen LogP contribution in [-0.4, -0.2) is 58.8 Å². The zero-order valence-electron chi connectivity index (χ0n) is 11.9. The molecule has 1 atom stereocenters. The molecular formula is C16H19N2NaO4. The minimum atomic E-state index is -0.885. The van der Waals surface area contributed by atoms with Crippen LogP contribution in [0, 0.1) is 0 Å². The van der Waals surface area contributed by atoms with E-state index in [1.54, 1.807) is 30.3 Å². The van der Waals surface area contributed by atoms with Crippen molar-refractivity contribution in [1.29, 1.82) is 0 Å². The van der Waals surface area contributed by atoms with Crippen LogP contribution in [0.5, 0.6) is 17.2 Å². The first-order valence-corrected chi connectivity index (χ1v) is 6.84. The summed E-state index contributed by atoms with van der Waals surface area (Å²) in [7, 11) is 0. The number of nitrogens with one attached hydrogen (secondary N) is 1. The van der Waals surface area contributed by atoms with Crippen molar-refractivity contribution in [2.45, 2.75) is 6.04 Å². The first-order chi connectivity index (χ1) is 10.6. The molecule has 6 nitrogen and oxygen atoms in total. The van der Waals surface area contributed by atoms with Gasteiger partial charge in [0, 0.05) is 18.7 Å². The normalized spacial score (nSPS) is 11.3. The molecule has 2 aromatic rings. The van der Waals surface area contributed by atoms with E-state index in [4.69, 9.17) is 10.5 Å². The number of hydrogen-bond acceptors (Lipinski definition) is 6. The van der Waals surface area contributed by atoms with Crippen molar-refractivity contribution >= 4 is 35.5 Å². The Labute approximate surface area is 156 Å². The summed E-state index contributed by atoms with van der Waals surface area (Å²) in [5, 5.41) is 22.5. The topological polar surface area (TPSA) is 105 Å². The predicted molar refractivity (Wildman–Crippen MR) is 88.8 cm³/mol. The summed E-state index contributed by atoms with van der Waals surface area (Å²) in [5.41, 5.74) is 5.84. The third kappa shape index (κ3) is 5.23. The average Bonchev–Trinajstić information content (AvgIpc) is 2.51. The quantitative estimate of drug-likeness (QED) is 0.353.